The zero-order valence-electron chi connectivity index (χ0n) is 12.0. The number of aliphatic hydroxyl groups is 1. The molecule has 0 radical (unpaired) electrons. The van der Waals surface area contributed by atoms with E-state index in [1.165, 1.54) is 0 Å². The van der Waals surface area contributed by atoms with E-state index in [1.807, 2.05) is 4.90 Å². The Bertz CT molecular complexity index is 528. The number of aromatic nitrogens is 1. The number of aliphatic hydroxyl groups excluding tert-OH is 1. The Morgan fingerprint density at radius 3 is 2.90 bits per heavy atom. The minimum atomic E-state index is -0.176. The predicted octanol–water partition coefficient (Wildman–Crippen LogP) is 1.83. The maximum absolute atomic E-state index is 12.5. The normalized spacial score (nSPS) is 21.4. The summed E-state index contributed by atoms with van der Waals surface area (Å²) in [5.41, 5.74) is 1.17. The second-order valence-corrected chi connectivity index (χ2v) is 5.09. The maximum Gasteiger partial charge on any atom is 0.272 e. The number of nitrogens with zero attached hydrogens (tertiary/aromatic N) is 2. The molecule has 1 aliphatic heterocycles. The molecule has 2 atom stereocenters. The minimum absolute atomic E-state index is 0.00326. The molecule has 2 heterocycles. The van der Waals surface area contributed by atoms with Gasteiger partial charge in [-0.1, -0.05) is 18.8 Å². The van der Waals surface area contributed by atoms with Crippen molar-refractivity contribution >= 4 is 5.91 Å². The minimum Gasteiger partial charge on any atom is -0.384 e. The summed E-state index contributed by atoms with van der Waals surface area (Å²) in [5, 5.41) is 8.64. The summed E-state index contributed by atoms with van der Waals surface area (Å²) in [6.07, 6.45) is 4.70. The lowest BCUT2D eigenvalue weighted by molar-refractivity contribution is 0.0670. The Hall–Kier alpha value is -1.86. The van der Waals surface area contributed by atoms with E-state index in [0.29, 0.717) is 17.3 Å². The number of carbonyl (C=O) groups is 1. The molecular weight excluding hydrogens is 252 g/mol. The average molecular weight is 272 g/mol. The third-order valence-electron chi connectivity index (χ3n) is 3.79. The quantitative estimate of drug-likeness (QED) is 0.836. The van der Waals surface area contributed by atoms with Gasteiger partial charge in [0.15, 0.2) is 0 Å². The largest absolute Gasteiger partial charge is 0.384 e. The van der Waals surface area contributed by atoms with Gasteiger partial charge in [-0.05, 0) is 38.3 Å². The Balaban J connectivity index is 2.16. The molecule has 1 saturated heterocycles. The standard InChI is InChI=1S/C16H20N2O2/c1-3-14-8-6-12(2)18(14)16(20)15-9-7-13(11-17-15)5-4-10-19/h7,9,11-12,14,19H,3,6,8,10H2,1-2H3. The highest BCUT2D eigenvalue weighted by molar-refractivity contribution is 5.93. The fourth-order valence-electron chi connectivity index (χ4n) is 2.71. The van der Waals surface area contributed by atoms with Crippen LogP contribution < -0.4 is 0 Å². The number of pyridine rings is 1. The number of hydrogen-bond donors (Lipinski definition) is 1. The molecule has 1 amide bonds. The third kappa shape index (κ3) is 3.00. The van der Waals surface area contributed by atoms with Gasteiger partial charge in [-0.25, -0.2) is 4.98 Å². The van der Waals surface area contributed by atoms with Crippen LogP contribution in [0.3, 0.4) is 0 Å². The second kappa shape index (κ2) is 6.53. The molecular formula is C16H20N2O2. The lowest BCUT2D eigenvalue weighted by Gasteiger charge is -2.27. The molecule has 4 nitrogen and oxygen atoms in total. The van der Waals surface area contributed by atoms with Crippen LogP contribution in [-0.4, -0.2) is 39.6 Å². The monoisotopic (exact) mass is 272 g/mol. The van der Waals surface area contributed by atoms with E-state index in [-0.39, 0.29) is 18.6 Å². The molecule has 1 aromatic rings. The smallest absolute Gasteiger partial charge is 0.272 e. The van der Waals surface area contributed by atoms with E-state index in [9.17, 15) is 4.79 Å². The first-order chi connectivity index (χ1) is 9.67. The van der Waals surface area contributed by atoms with Crippen molar-refractivity contribution in [2.45, 2.75) is 45.2 Å². The first-order valence-electron chi connectivity index (χ1n) is 7.05. The molecule has 2 unspecified atom stereocenters. The van der Waals surface area contributed by atoms with E-state index in [4.69, 9.17) is 5.11 Å². The van der Waals surface area contributed by atoms with E-state index >= 15 is 0 Å². The van der Waals surface area contributed by atoms with Crippen molar-refractivity contribution in [1.29, 1.82) is 0 Å². The highest BCUT2D eigenvalue weighted by Gasteiger charge is 2.33. The molecule has 2 rings (SSSR count). The van der Waals surface area contributed by atoms with Gasteiger partial charge in [0, 0.05) is 23.8 Å². The van der Waals surface area contributed by atoms with Crippen molar-refractivity contribution < 1.29 is 9.90 Å². The topological polar surface area (TPSA) is 53.4 Å². The summed E-state index contributed by atoms with van der Waals surface area (Å²) in [6, 6.07) is 4.09. The fraction of sp³-hybridized carbons (Fsp3) is 0.500. The second-order valence-electron chi connectivity index (χ2n) is 5.09. The van der Waals surface area contributed by atoms with Gasteiger partial charge in [-0.3, -0.25) is 4.79 Å². The first-order valence-corrected chi connectivity index (χ1v) is 7.05. The molecule has 1 aromatic heterocycles. The van der Waals surface area contributed by atoms with Crippen LogP contribution in [0.2, 0.25) is 0 Å². The lowest BCUT2D eigenvalue weighted by Crippen LogP contribution is -2.40. The summed E-state index contributed by atoms with van der Waals surface area (Å²) in [7, 11) is 0. The van der Waals surface area contributed by atoms with Gasteiger partial charge in [-0.15, -0.1) is 0 Å². The number of amides is 1. The van der Waals surface area contributed by atoms with Crippen molar-refractivity contribution in [3.05, 3.63) is 29.6 Å². The SMILES string of the molecule is CCC1CCC(C)N1C(=O)c1ccc(C#CCO)cn1. The van der Waals surface area contributed by atoms with Crippen molar-refractivity contribution in [2.75, 3.05) is 6.61 Å². The molecule has 0 aliphatic carbocycles. The molecule has 1 fully saturated rings. The third-order valence-corrected chi connectivity index (χ3v) is 3.79. The van der Waals surface area contributed by atoms with Gasteiger partial charge in [-0.2, -0.15) is 0 Å². The van der Waals surface area contributed by atoms with Crippen LogP contribution in [0.5, 0.6) is 0 Å². The highest BCUT2D eigenvalue weighted by atomic mass is 16.2. The Morgan fingerprint density at radius 2 is 2.30 bits per heavy atom. The molecule has 0 saturated carbocycles. The van der Waals surface area contributed by atoms with Gasteiger partial charge in [0.1, 0.15) is 12.3 Å². The van der Waals surface area contributed by atoms with Gasteiger partial charge in [0.25, 0.3) is 5.91 Å². The number of hydrogen-bond acceptors (Lipinski definition) is 3. The summed E-state index contributed by atoms with van der Waals surface area (Å²) >= 11 is 0. The summed E-state index contributed by atoms with van der Waals surface area (Å²) in [5.74, 6) is 5.34. The predicted molar refractivity (Wildman–Crippen MR) is 77.1 cm³/mol. The molecule has 0 aromatic carbocycles. The Labute approximate surface area is 119 Å². The van der Waals surface area contributed by atoms with Crippen LogP contribution in [-0.2, 0) is 0 Å². The van der Waals surface area contributed by atoms with Gasteiger partial charge >= 0.3 is 0 Å². The fourth-order valence-corrected chi connectivity index (χ4v) is 2.71. The van der Waals surface area contributed by atoms with Crippen LogP contribution in [0.25, 0.3) is 0 Å². The van der Waals surface area contributed by atoms with Gasteiger partial charge in [0.2, 0.25) is 0 Å². The van der Waals surface area contributed by atoms with E-state index in [1.54, 1.807) is 18.3 Å². The van der Waals surface area contributed by atoms with Crippen LogP contribution in [0, 0.1) is 11.8 Å². The van der Waals surface area contributed by atoms with Crippen LogP contribution in [0.15, 0.2) is 18.3 Å². The number of likely N-dealkylation sites (tertiary alicyclic amines) is 1. The molecule has 106 valence electrons. The summed E-state index contributed by atoms with van der Waals surface area (Å²) < 4.78 is 0. The van der Waals surface area contributed by atoms with Crippen LogP contribution in [0.1, 0.15) is 49.2 Å². The van der Waals surface area contributed by atoms with Crippen LogP contribution in [0.4, 0.5) is 0 Å². The number of rotatable bonds is 2. The molecule has 4 heteroatoms. The molecule has 1 N–H and O–H groups in total. The molecule has 20 heavy (non-hydrogen) atoms. The van der Waals surface area contributed by atoms with Gasteiger partial charge in [0.05, 0.1) is 0 Å². The summed E-state index contributed by atoms with van der Waals surface area (Å²) in [4.78, 5) is 18.7. The first kappa shape index (κ1) is 14.5. The van der Waals surface area contributed by atoms with Crippen LogP contribution >= 0.6 is 0 Å². The molecule has 0 bridgehead atoms. The molecule has 0 spiro atoms. The van der Waals surface area contributed by atoms with E-state index in [2.05, 4.69) is 30.7 Å². The zero-order chi connectivity index (χ0) is 14.5. The lowest BCUT2D eigenvalue weighted by atomic mass is 10.1. The Kier molecular flexibility index (Phi) is 4.75. The number of carbonyl (C=O) groups excluding carboxylic acids is 1. The van der Waals surface area contributed by atoms with Crippen molar-refractivity contribution in [3.63, 3.8) is 0 Å². The summed E-state index contributed by atoms with van der Waals surface area (Å²) in [6.45, 7) is 4.03. The van der Waals surface area contributed by atoms with Crippen molar-refractivity contribution in [2.24, 2.45) is 0 Å². The van der Waals surface area contributed by atoms with E-state index < -0.39 is 0 Å². The average Bonchev–Trinajstić information content (AvgIpc) is 2.86. The van der Waals surface area contributed by atoms with Crippen molar-refractivity contribution in [1.82, 2.24) is 9.88 Å². The van der Waals surface area contributed by atoms with E-state index in [0.717, 1.165) is 19.3 Å². The molecule has 1 aliphatic rings. The Morgan fingerprint density at radius 1 is 1.50 bits per heavy atom. The highest BCUT2D eigenvalue weighted by Crippen LogP contribution is 2.27. The van der Waals surface area contributed by atoms with Crippen molar-refractivity contribution in [3.8, 4) is 11.8 Å². The zero-order valence-corrected chi connectivity index (χ0v) is 12.0. The maximum atomic E-state index is 12.5. The van der Waals surface area contributed by atoms with Gasteiger partial charge < -0.3 is 10.0 Å².